The summed E-state index contributed by atoms with van der Waals surface area (Å²) in [5, 5.41) is 21.9. The molecule has 21 heavy (non-hydrogen) atoms. The van der Waals surface area contributed by atoms with Gasteiger partial charge in [-0.3, -0.25) is 4.79 Å². The summed E-state index contributed by atoms with van der Waals surface area (Å²) in [6.45, 7) is 1.92. The van der Waals surface area contributed by atoms with Crippen LogP contribution in [0, 0.1) is 0 Å². The Balaban J connectivity index is 2.78. The van der Waals surface area contributed by atoms with Gasteiger partial charge >= 0.3 is 5.97 Å². The Morgan fingerprint density at radius 1 is 1.24 bits per heavy atom. The molecule has 0 saturated heterocycles. The highest BCUT2D eigenvalue weighted by Crippen LogP contribution is 2.23. The van der Waals surface area contributed by atoms with Crippen LogP contribution in [0.1, 0.15) is 37.9 Å². The second-order valence-corrected chi connectivity index (χ2v) is 5.52. The fourth-order valence-electron chi connectivity index (χ4n) is 1.80. The molecule has 2 unspecified atom stereocenters. The number of carbonyl (C=O) groups excluding carboxylic acids is 1. The van der Waals surface area contributed by atoms with Gasteiger partial charge in [0.15, 0.2) is 6.10 Å². The van der Waals surface area contributed by atoms with Gasteiger partial charge in [-0.1, -0.05) is 43.0 Å². The molecule has 0 fully saturated rings. The molecular weight excluding hydrogens is 317 g/mol. The largest absolute Gasteiger partial charge is 0.480 e. The number of amides is 1. The molecule has 0 aromatic heterocycles. The molecule has 0 bridgehead atoms. The summed E-state index contributed by atoms with van der Waals surface area (Å²) in [6.07, 6.45) is 0.257. The SMILES string of the molecule is CCCCC(NC(=O)C(O)c1cc(Cl)cc(Cl)c1)C(=O)O. The quantitative estimate of drug-likeness (QED) is 0.716. The van der Waals surface area contributed by atoms with E-state index < -0.39 is 24.0 Å². The molecule has 0 spiro atoms. The Bertz CT molecular complexity index is 501. The number of benzene rings is 1. The molecular formula is C14H17Cl2NO4. The lowest BCUT2D eigenvalue weighted by Gasteiger charge is -2.17. The molecule has 116 valence electrons. The van der Waals surface area contributed by atoms with Crippen molar-refractivity contribution in [1.82, 2.24) is 5.32 Å². The van der Waals surface area contributed by atoms with E-state index in [-0.39, 0.29) is 15.6 Å². The second-order valence-electron chi connectivity index (χ2n) is 4.65. The van der Waals surface area contributed by atoms with Gasteiger partial charge in [-0.25, -0.2) is 4.79 Å². The third-order valence-corrected chi connectivity index (χ3v) is 3.35. The van der Waals surface area contributed by atoms with Crippen molar-refractivity contribution >= 4 is 35.1 Å². The number of aliphatic carboxylic acids is 1. The van der Waals surface area contributed by atoms with E-state index in [1.165, 1.54) is 18.2 Å². The smallest absolute Gasteiger partial charge is 0.326 e. The number of unbranched alkanes of at least 4 members (excludes halogenated alkanes) is 1. The highest BCUT2D eigenvalue weighted by atomic mass is 35.5. The lowest BCUT2D eigenvalue weighted by atomic mass is 10.1. The maximum Gasteiger partial charge on any atom is 0.326 e. The van der Waals surface area contributed by atoms with Crippen LogP contribution in [0.25, 0.3) is 0 Å². The van der Waals surface area contributed by atoms with E-state index >= 15 is 0 Å². The van der Waals surface area contributed by atoms with E-state index in [0.29, 0.717) is 12.8 Å². The number of halogens is 2. The zero-order chi connectivity index (χ0) is 16.0. The summed E-state index contributed by atoms with van der Waals surface area (Å²) in [7, 11) is 0. The van der Waals surface area contributed by atoms with Crippen molar-refractivity contribution in [2.75, 3.05) is 0 Å². The molecule has 1 aromatic carbocycles. The van der Waals surface area contributed by atoms with Crippen LogP contribution in [0.15, 0.2) is 18.2 Å². The number of rotatable bonds is 7. The minimum Gasteiger partial charge on any atom is -0.480 e. The number of nitrogens with one attached hydrogen (secondary N) is 1. The second kappa shape index (κ2) is 8.22. The molecule has 1 rings (SSSR count). The molecule has 0 radical (unpaired) electrons. The van der Waals surface area contributed by atoms with Gasteiger partial charge in [0, 0.05) is 10.0 Å². The van der Waals surface area contributed by atoms with Gasteiger partial charge in [0.25, 0.3) is 5.91 Å². The average Bonchev–Trinajstić information content (AvgIpc) is 2.40. The summed E-state index contributed by atoms with van der Waals surface area (Å²) in [5.41, 5.74) is 0.213. The van der Waals surface area contributed by atoms with Crippen molar-refractivity contribution in [3.8, 4) is 0 Å². The van der Waals surface area contributed by atoms with Gasteiger partial charge in [0.2, 0.25) is 0 Å². The van der Waals surface area contributed by atoms with Crippen LogP contribution in [-0.2, 0) is 9.59 Å². The van der Waals surface area contributed by atoms with E-state index in [4.69, 9.17) is 28.3 Å². The summed E-state index contributed by atoms with van der Waals surface area (Å²) >= 11 is 11.6. The van der Waals surface area contributed by atoms with Crippen LogP contribution < -0.4 is 5.32 Å². The van der Waals surface area contributed by atoms with E-state index in [1.54, 1.807) is 0 Å². The molecule has 3 N–H and O–H groups in total. The number of carboxylic acid groups (broad SMARTS) is 1. The first-order chi connectivity index (χ1) is 9.85. The Kier molecular flexibility index (Phi) is 6.95. The number of carboxylic acids is 1. The Hall–Kier alpha value is -1.30. The first kappa shape index (κ1) is 17.8. The summed E-state index contributed by atoms with van der Waals surface area (Å²) < 4.78 is 0. The van der Waals surface area contributed by atoms with E-state index in [1.807, 2.05) is 6.92 Å². The highest BCUT2D eigenvalue weighted by Gasteiger charge is 2.24. The van der Waals surface area contributed by atoms with Crippen LogP contribution in [0.4, 0.5) is 0 Å². The minimum absolute atomic E-state index is 0.213. The monoisotopic (exact) mass is 333 g/mol. The van der Waals surface area contributed by atoms with Gasteiger partial charge < -0.3 is 15.5 Å². The lowest BCUT2D eigenvalue weighted by molar-refractivity contribution is -0.143. The summed E-state index contributed by atoms with van der Waals surface area (Å²) in [4.78, 5) is 23.0. The minimum atomic E-state index is -1.52. The van der Waals surface area contributed by atoms with Crippen molar-refractivity contribution in [3.05, 3.63) is 33.8 Å². The van der Waals surface area contributed by atoms with Crippen LogP contribution in [0.2, 0.25) is 10.0 Å². The van der Waals surface area contributed by atoms with Gasteiger partial charge in [-0.05, 0) is 30.2 Å². The fourth-order valence-corrected chi connectivity index (χ4v) is 2.34. The molecule has 7 heteroatoms. The van der Waals surface area contributed by atoms with E-state index in [2.05, 4.69) is 5.32 Å². The predicted molar refractivity (Wildman–Crippen MR) is 80.5 cm³/mol. The molecule has 1 amide bonds. The fraction of sp³-hybridized carbons (Fsp3) is 0.429. The predicted octanol–water partition coefficient (Wildman–Crippen LogP) is 2.79. The van der Waals surface area contributed by atoms with Gasteiger partial charge in [0.1, 0.15) is 6.04 Å². The van der Waals surface area contributed by atoms with Crippen molar-refractivity contribution in [2.24, 2.45) is 0 Å². The molecule has 1 aromatic rings. The standard InChI is InChI=1S/C14H17Cl2NO4/c1-2-3-4-11(14(20)21)17-13(19)12(18)8-5-9(15)7-10(16)6-8/h5-7,11-12,18H,2-4H2,1H3,(H,17,19)(H,20,21). The van der Waals surface area contributed by atoms with Crippen LogP contribution in [-0.4, -0.2) is 28.1 Å². The molecule has 0 saturated carbocycles. The van der Waals surface area contributed by atoms with Crippen molar-refractivity contribution < 1.29 is 19.8 Å². The molecule has 0 aliphatic heterocycles. The maximum absolute atomic E-state index is 11.9. The lowest BCUT2D eigenvalue weighted by Crippen LogP contribution is -2.43. The van der Waals surface area contributed by atoms with Gasteiger partial charge in [-0.2, -0.15) is 0 Å². The molecule has 0 heterocycles. The Labute approximate surface area is 132 Å². The van der Waals surface area contributed by atoms with Crippen molar-refractivity contribution in [1.29, 1.82) is 0 Å². The first-order valence-corrected chi connectivity index (χ1v) is 7.28. The maximum atomic E-state index is 11.9. The number of hydrogen-bond acceptors (Lipinski definition) is 3. The highest BCUT2D eigenvalue weighted by molar-refractivity contribution is 6.34. The van der Waals surface area contributed by atoms with Gasteiger partial charge in [-0.15, -0.1) is 0 Å². The third kappa shape index (κ3) is 5.53. The van der Waals surface area contributed by atoms with Crippen molar-refractivity contribution in [2.45, 2.75) is 38.3 Å². The Morgan fingerprint density at radius 2 is 1.81 bits per heavy atom. The Morgan fingerprint density at radius 3 is 2.29 bits per heavy atom. The van der Waals surface area contributed by atoms with E-state index in [9.17, 15) is 14.7 Å². The number of aliphatic hydroxyl groups excluding tert-OH is 1. The zero-order valence-corrected chi connectivity index (χ0v) is 13.0. The number of carbonyl (C=O) groups is 2. The third-order valence-electron chi connectivity index (χ3n) is 2.91. The topological polar surface area (TPSA) is 86.6 Å². The first-order valence-electron chi connectivity index (χ1n) is 6.52. The normalized spacial score (nSPS) is 13.5. The number of hydrogen-bond donors (Lipinski definition) is 3. The van der Waals surface area contributed by atoms with Crippen LogP contribution >= 0.6 is 23.2 Å². The average molecular weight is 334 g/mol. The molecule has 5 nitrogen and oxygen atoms in total. The molecule has 0 aliphatic carbocycles. The zero-order valence-electron chi connectivity index (χ0n) is 11.5. The van der Waals surface area contributed by atoms with Crippen molar-refractivity contribution in [3.63, 3.8) is 0 Å². The van der Waals surface area contributed by atoms with Crippen LogP contribution in [0.5, 0.6) is 0 Å². The molecule has 2 atom stereocenters. The van der Waals surface area contributed by atoms with Crippen LogP contribution in [0.3, 0.4) is 0 Å². The summed E-state index contributed by atoms with van der Waals surface area (Å²) in [5.74, 6) is -1.93. The molecule has 0 aliphatic rings. The van der Waals surface area contributed by atoms with E-state index in [0.717, 1.165) is 6.42 Å². The van der Waals surface area contributed by atoms with Gasteiger partial charge in [0.05, 0.1) is 0 Å². The number of aliphatic hydroxyl groups is 1. The summed E-state index contributed by atoms with van der Waals surface area (Å²) in [6, 6.07) is 3.25.